The van der Waals surface area contributed by atoms with E-state index in [0.717, 1.165) is 14.5 Å². The van der Waals surface area contributed by atoms with Gasteiger partial charge in [0.25, 0.3) is 0 Å². The average Bonchev–Trinajstić information content (AvgIpc) is 2.45. The molecule has 0 fully saturated rings. The molecule has 0 heterocycles. The minimum Gasteiger partial charge on any atom is -0.493 e. The van der Waals surface area contributed by atoms with Gasteiger partial charge in [0.1, 0.15) is 0 Å². The summed E-state index contributed by atoms with van der Waals surface area (Å²) in [6.07, 6.45) is 0. The lowest BCUT2D eigenvalue weighted by molar-refractivity contribution is 0.103. The standard InChI is InChI=1S/C16H14Br2O3/c1-9-4-14(20-2)15(21-3)8-13(9)16(19)10-5-11(17)7-12(18)6-10/h4-8H,1-3H3. The van der Waals surface area contributed by atoms with Crippen molar-refractivity contribution in [3.05, 3.63) is 56.0 Å². The molecule has 0 saturated heterocycles. The fraction of sp³-hybridized carbons (Fsp3) is 0.188. The van der Waals surface area contributed by atoms with E-state index in [2.05, 4.69) is 31.9 Å². The van der Waals surface area contributed by atoms with E-state index in [1.165, 1.54) is 0 Å². The molecule has 110 valence electrons. The Morgan fingerprint density at radius 2 is 1.43 bits per heavy atom. The van der Waals surface area contributed by atoms with Crippen molar-refractivity contribution in [2.24, 2.45) is 0 Å². The van der Waals surface area contributed by atoms with Crippen LogP contribution >= 0.6 is 31.9 Å². The maximum Gasteiger partial charge on any atom is 0.193 e. The van der Waals surface area contributed by atoms with E-state index in [9.17, 15) is 4.79 Å². The summed E-state index contributed by atoms with van der Waals surface area (Å²) < 4.78 is 12.2. The van der Waals surface area contributed by atoms with Crippen LogP contribution < -0.4 is 9.47 Å². The summed E-state index contributed by atoms with van der Waals surface area (Å²) in [7, 11) is 3.13. The molecule has 0 aliphatic heterocycles. The lowest BCUT2D eigenvalue weighted by Crippen LogP contribution is -2.05. The van der Waals surface area contributed by atoms with Crippen molar-refractivity contribution in [1.29, 1.82) is 0 Å². The van der Waals surface area contributed by atoms with Gasteiger partial charge in [-0.05, 0) is 42.8 Å². The lowest BCUT2D eigenvalue weighted by atomic mass is 9.98. The van der Waals surface area contributed by atoms with Gasteiger partial charge in [0.2, 0.25) is 0 Å². The van der Waals surface area contributed by atoms with Crippen molar-refractivity contribution in [1.82, 2.24) is 0 Å². The summed E-state index contributed by atoms with van der Waals surface area (Å²) in [6.45, 7) is 1.88. The third kappa shape index (κ3) is 3.47. The number of carbonyl (C=O) groups is 1. The van der Waals surface area contributed by atoms with Crippen LogP contribution in [0, 0.1) is 6.92 Å². The summed E-state index contributed by atoms with van der Waals surface area (Å²) in [4.78, 5) is 12.7. The predicted octanol–water partition coefficient (Wildman–Crippen LogP) is 4.77. The molecule has 0 N–H and O–H groups in total. The second kappa shape index (κ2) is 6.62. The van der Waals surface area contributed by atoms with Crippen LogP contribution in [0.3, 0.4) is 0 Å². The zero-order chi connectivity index (χ0) is 15.6. The smallest absolute Gasteiger partial charge is 0.193 e. The number of hydrogen-bond acceptors (Lipinski definition) is 3. The summed E-state index contributed by atoms with van der Waals surface area (Å²) in [5.41, 5.74) is 2.04. The number of halogens is 2. The van der Waals surface area contributed by atoms with Crippen LogP contribution in [0.15, 0.2) is 39.3 Å². The average molecular weight is 414 g/mol. The molecule has 2 aromatic rings. The first-order valence-electron chi connectivity index (χ1n) is 6.19. The van der Waals surface area contributed by atoms with Crippen LogP contribution in [0.2, 0.25) is 0 Å². The van der Waals surface area contributed by atoms with Crippen LogP contribution in [-0.4, -0.2) is 20.0 Å². The molecule has 0 aliphatic rings. The fourth-order valence-corrected chi connectivity index (χ4v) is 3.36. The zero-order valence-corrected chi connectivity index (χ0v) is 15.0. The minimum absolute atomic E-state index is 0.0598. The number of hydrogen-bond donors (Lipinski definition) is 0. The zero-order valence-electron chi connectivity index (χ0n) is 11.9. The molecule has 3 nitrogen and oxygen atoms in total. The van der Waals surface area contributed by atoms with Gasteiger partial charge in [-0.25, -0.2) is 0 Å². The Morgan fingerprint density at radius 3 is 1.95 bits per heavy atom. The van der Waals surface area contributed by atoms with Crippen LogP contribution in [-0.2, 0) is 0 Å². The molecule has 0 radical (unpaired) electrons. The number of methoxy groups -OCH3 is 2. The Bertz CT molecular complexity index is 676. The Balaban J connectivity index is 2.52. The van der Waals surface area contributed by atoms with E-state index in [-0.39, 0.29) is 5.78 Å². The molecule has 0 aromatic heterocycles. The van der Waals surface area contributed by atoms with Crippen molar-refractivity contribution in [3.8, 4) is 11.5 Å². The molecule has 0 aliphatic carbocycles. The third-order valence-corrected chi connectivity index (χ3v) is 4.02. The summed E-state index contributed by atoms with van der Waals surface area (Å²) >= 11 is 6.79. The number of rotatable bonds is 4. The normalized spacial score (nSPS) is 10.3. The maximum absolute atomic E-state index is 12.7. The SMILES string of the molecule is COc1cc(C)c(C(=O)c2cc(Br)cc(Br)c2)cc1OC. The first-order chi connectivity index (χ1) is 9.96. The second-order valence-electron chi connectivity index (χ2n) is 4.51. The van der Waals surface area contributed by atoms with Gasteiger partial charge in [0.05, 0.1) is 14.2 Å². The molecule has 0 atom stereocenters. The molecule has 0 bridgehead atoms. The summed E-state index contributed by atoms with van der Waals surface area (Å²) in [5, 5.41) is 0. The first kappa shape index (κ1) is 16.0. The molecule has 0 amide bonds. The largest absolute Gasteiger partial charge is 0.493 e. The van der Waals surface area contributed by atoms with Gasteiger partial charge in [-0.2, -0.15) is 0 Å². The lowest BCUT2D eigenvalue weighted by Gasteiger charge is -2.12. The van der Waals surface area contributed by atoms with Crippen LogP contribution in [0.5, 0.6) is 11.5 Å². The maximum atomic E-state index is 12.7. The minimum atomic E-state index is -0.0598. The van der Waals surface area contributed by atoms with E-state index in [4.69, 9.17) is 9.47 Å². The Hall–Kier alpha value is -1.33. The summed E-state index contributed by atoms with van der Waals surface area (Å²) in [6, 6.07) is 9.00. The van der Waals surface area contributed by atoms with Gasteiger partial charge in [0.15, 0.2) is 17.3 Å². The quantitative estimate of drug-likeness (QED) is 0.677. The molecule has 2 rings (SSSR count). The second-order valence-corrected chi connectivity index (χ2v) is 6.34. The molecular formula is C16H14Br2O3. The van der Waals surface area contributed by atoms with Gasteiger partial charge in [-0.1, -0.05) is 31.9 Å². The Labute approximate surface area is 140 Å². The van der Waals surface area contributed by atoms with Crippen molar-refractivity contribution in [2.75, 3.05) is 14.2 Å². The highest BCUT2D eigenvalue weighted by molar-refractivity contribution is 9.11. The van der Waals surface area contributed by atoms with Gasteiger partial charge in [0, 0.05) is 20.1 Å². The molecule has 21 heavy (non-hydrogen) atoms. The predicted molar refractivity (Wildman–Crippen MR) is 89.6 cm³/mol. The van der Waals surface area contributed by atoms with Gasteiger partial charge in [-0.15, -0.1) is 0 Å². The van der Waals surface area contributed by atoms with Crippen LogP contribution in [0.1, 0.15) is 21.5 Å². The highest BCUT2D eigenvalue weighted by atomic mass is 79.9. The van der Waals surface area contributed by atoms with Gasteiger partial charge < -0.3 is 9.47 Å². The van der Waals surface area contributed by atoms with E-state index < -0.39 is 0 Å². The summed E-state index contributed by atoms with van der Waals surface area (Å²) in [5.74, 6) is 1.10. The van der Waals surface area contributed by atoms with Crippen molar-refractivity contribution >= 4 is 37.6 Å². The van der Waals surface area contributed by atoms with Crippen molar-refractivity contribution in [3.63, 3.8) is 0 Å². The van der Waals surface area contributed by atoms with Gasteiger partial charge in [-0.3, -0.25) is 4.79 Å². The number of benzene rings is 2. The van der Waals surface area contributed by atoms with Crippen molar-refractivity contribution in [2.45, 2.75) is 6.92 Å². The molecule has 5 heteroatoms. The topological polar surface area (TPSA) is 35.5 Å². The van der Waals surface area contributed by atoms with Crippen molar-refractivity contribution < 1.29 is 14.3 Å². The highest BCUT2D eigenvalue weighted by Crippen LogP contribution is 2.32. The number of ether oxygens (including phenoxy) is 2. The molecule has 0 spiro atoms. The molecule has 2 aromatic carbocycles. The third-order valence-electron chi connectivity index (χ3n) is 3.10. The molecular weight excluding hydrogens is 400 g/mol. The Kier molecular flexibility index (Phi) is 5.06. The van der Waals surface area contributed by atoms with E-state index >= 15 is 0 Å². The van der Waals surface area contributed by atoms with E-state index in [1.807, 2.05) is 13.0 Å². The van der Waals surface area contributed by atoms with E-state index in [0.29, 0.717) is 22.6 Å². The number of ketones is 1. The monoisotopic (exact) mass is 412 g/mol. The highest BCUT2D eigenvalue weighted by Gasteiger charge is 2.17. The molecule has 0 unspecified atom stereocenters. The number of aryl methyl sites for hydroxylation is 1. The van der Waals surface area contributed by atoms with Crippen LogP contribution in [0.25, 0.3) is 0 Å². The Morgan fingerprint density at radius 1 is 0.905 bits per heavy atom. The molecule has 0 saturated carbocycles. The first-order valence-corrected chi connectivity index (χ1v) is 7.78. The van der Waals surface area contributed by atoms with Crippen LogP contribution in [0.4, 0.5) is 0 Å². The van der Waals surface area contributed by atoms with Gasteiger partial charge >= 0.3 is 0 Å². The fourth-order valence-electron chi connectivity index (χ4n) is 2.07. The number of carbonyl (C=O) groups excluding carboxylic acids is 1. The van der Waals surface area contributed by atoms with E-state index in [1.54, 1.807) is 38.5 Å².